The third kappa shape index (κ3) is 3.31. The van der Waals surface area contributed by atoms with Gasteiger partial charge in [0.05, 0.1) is 0 Å². The maximum absolute atomic E-state index is 12.3. The Morgan fingerprint density at radius 2 is 1.86 bits per heavy atom. The summed E-state index contributed by atoms with van der Waals surface area (Å²) in [5, 5.41) is 2.80. The highest BCUT2D eigenvalue weighted by Gasteiger charge is 2.12. The number of rotatable bonds is 3. The van der Waals surface area contributed by atoms with E-state index in [0.717, 1.165) is 10.0 Å². The Labute approximate surface area is 131 Å². The zero-order valence-electron chi connectivity index (χ0n) is 11.7. The number of nitrogens with two attached hydrogens (primary N) is 1. The van der Waals surface area contributed by atoms with Crippen molar-refractivity contribution in [1.82, 2.24) is 0 Å². The zero-order valence-corrected chi connectivity index (χ0v) is 13.3. The van der Waals surface area contributed by atoms with Crippen LogP contribution in [0.25, 0.3) is 0 Å². The number of anilines is 1. The van der Waals surface area contributed by atoms with E-state index in [1.165, 1.54) is 0 Å². The van der Waals surface area contributed by atoms with Crippen LogP contribution in [-0.4, -0.2) is 11.8 Å². The van der Waals surface area contributed by atoms with Crippen LogP contribution in [0.5, 0.6) is 0 Å². The van der Waals surface area contributed by atoms with Gasteiger partial charge >= 0.3 is 0 Å². The van der Waals surface area contributed by atoms with Crippen LogP contribution in [0.1, 0.15) is 31.8 Å². The first kappa shape index (κ1) is 15.3. The van der Waals surface area contributed by atoms with Crippen molar-refractivity contribution in [3.8, 4) is 0 Å². The second kappa shape index (κ2) is 6.10. The minimum atomic E-state index is -0.512. The minimum Gasteiger partial charge on any atom is -0.366 e. The van der Waals surface area contributed by atoms with Gasteiger partial charge in [0.2, 0.25) is 5.91 Å². The maximum Gasteiger partial charge on any atom is 0.255 e. The van der Waals surface area contributed by atoms with Crippen LogP contribution < -0.4 is 11.1 Å². The van der Waals surface area contributed by atoms with E-state index in [4.69, 9.17) is 5.73 Å². The predicted molar refractivity (Wildman–Crippen MR) is 86.5 cm³/mol. The van der Waals surface area contributed by atoms with Gasteiger partial charge in [-0.2, -0.15) is 0 Å². The van der Waals surface area contributed by atoms with Gasteiger partial charge in [0, 0.05) is 21.3 Å². The number of halogens is 1. The molecular weight excluding hydrogens is 332 g/mol. The van der Waals surface area contributed by atoms with Gasteiger partial charge in [-0.3, -0.25) is 9.59 Å². The molecule has 5 heteroatoms. The van der Waals surface area contributed by atoms with E-state index in [2.05, 4.69) is 21.2 Å². The van der Waals surface area contributed by atoms with E-state index >= 15 is 0 Å². The number of carbonyl (C=O) groups excluding carboxylic acids is 2. The number of nitrogens with one attached hydrogen (secondary N) is 1. The maximum atomic E-state index is 12.3. The molecule has 0 atom stereocenters. The highest BCUT2D eigenvalue weighted by molar-refractivity contribution is 9.10. The molecular formula is C16H15BrN2O2. The second-order valence-electron chi connectivity index (χ2n) is 4.76. The Morgan fingerprint density at radius 1 is 1.14 bits per heavy atom. The van der Waals surface area contributed by atoms with Gasteiger partial charge < -0.3 is 11.1 Å². The Hall–Kier alpha value is -2.14. The van der Waals surface area contributed by atoms with Crippen molar-refractivity contribution in [3.63, 3.8) is 0 Å². The molecule has 21 heavy (non-hydrogen) atoms. The monoisotopic (exact) mass is 346 g/mol. The first-order valence-electron chi connectivity index (χ1n) is 6.37. The molecule has 0 radical (unpaired) electrons. The van der Waals surface area contributed by atoms with Crippen LogP contribution in [0.15, 0.2) is 40.9 Å². The zero-order chi connectivity index (χ0) is 15.6. The van der Waals surface area contributed by atoms with E-state index in [9.17, 15) is 9.59 Å². The summed E-state index contributed by atoms with van der Waals surface area (Å²) >= 11 is 3.40. The molecule has 0 saturated heterocycles. The molecule has 108 valence electrons. The van der Waals surface area contributed by atoms with Crippen LogP contribution in [0.3, 0.4) is 0 Å². The molecule has 0 spiro atoms. The van der Waals surface area contributed by atoms with Crippen LogP contribution in [0.4, 0.5) is 5.69 Å². The largest absolute Gasteiger partial charge is 0.366 e. The fourth-order valence-electron chi connectivity index (χ4n) is 1.97. The number of amides is 2. The van der Waals surface area contributed by atoms with Crippen molar-refractivity contribution < 1.29 is 9.59 Å². The van der Waals surface area contributed by atoms with E-state index in [-0.39, 0.29) is 5.91 Å². The topological polar surface area (TPSA) is 72.2 Å². The summed E-state index contributed by atoms with van der Waals surface area (Å²) in [7, 11) is 0. The number of primary amides is 1. The van der Waals surface area contributed by atoms with E-state index in [0.29, 0.717) is 22.4 Å². The Morgan fingerprint density at radius 3 is 2.48 bits per heavy atom. The number of aryl methyl sites for hydroxylation is 1. The molecule has 0 aliphatic rings. The lowest BCUT2D eigenvalue weighted by atomic mass is 10.1. The lowest BCUT2D eigenvalue weighted by molar-refractivity contribution is 0.0995. The first-order chi connectivity index (χ1) is 9.90. The number of benzene rings is 2. The highest BCUT2D eigenvalue weighted by atomic mass is 79.9. The molecule has 2 amide bonds. The average Bonchev–Trinajstić information content (AvgIpc) is 2.43. The van der Waals surface area contributed by atoms with Crippen LogP contribution >= 0.6 is 15.9 Å². The molecule has 0 bridgehead atoms. The fraction of sp³-hybridized carbons (Fsp3) is 0.125. The smallest absolute Gasteiger partial charge is 0.255 e. The summed E-state index contributed by atoms with van der Waals surface area (Å²) < 4.78 is 0.873. The summed E-state index contributed by atoms with van der Waals surface area (Å²) in [6, 6.07) is 10.4. The average molecular weight is 347 g/mol. The Bertz CT molecular complexity index is 726. The first-order valence-corrected chi connectivity index (χ1v) is 7.16. The standard InChI is InChI=1S/C16H15BrN2O2/c1-9-6-7-11(8-13(9)17)16(21)19-14-5-3-4-12(10(14)2)15(18)20/h3-8H,1-2H3,(H2,18,20)(H,19,21). The van der Waals surface area contributed by atoms with Crippen molar-refractivity contribution >= 4 is 33.4 Å². The van der Waals surface area contributed by atoms with E-state index < -0.39 is 5.91 Å². The molecule has 0 aromatic heterocycles. The molecule has 0 fully saturated rings. The van der Waals surface area contributed by atoms with Crippen LogP contribution in [0.2, 0.25) is 0 Å². The summed E-state index contributed by atoms with van der Waals surface area (Å²) in [4.78, 5) is 23.6. The number of hydrogen-bond donors (Lipinski definition) is 2. The third-order valence-electron chi connectivity index (χ3n) is 3.28. The summed E-state index contributed by atoms with van der Waals surface area (Å²) in [6.45, 7) is 3.70. The lowest BCUT2D eigenvalue weighted by Crippen LogP contribution is -2.16. The van der Waals surface area contributed by atoms with Crippen molar-refractivity contribution in [2.75, 3.05) is 5.32 Å². The highest BCUT2D eigenvalue weighted by Crippen LogP contribution is 2.21. The quantitative estimate of drug-likeness (QED) is 0.893. The van der Waals surface area contributed by atoms with Gasteiger partial charge in [0.1, 0.15) is 0 Å². The third-order valence-corrected chi connectivity index (χ3v) is 4.14. The number of hydrogen-bond acceptors (Lipinski definition) is 2. The summed E-state index contributed by atoms with van der Waals surface area (Å²) in [5.41, 5.74) is 8.53. The molecule has 0 aliphatic heterocycles. The van der Waals surface area contributed by atoms with Crippen molar-refractivity contribution in [3.05, 3.63) is 63.1 Å². The summed E-state index contributed by atoms with van der Waals surface area (Å²) in [6.07, 6.45) is 0. The van der Waals surface area contributed by atoms with Crippen molar-refractivity contribution in [2.24, 2.45) is 5.73 Å². The minimum absolute atomic E-state index is 0.236. The normalized spacial score (nSPS) is 10.2. The predicted octanol–water partition coefficient (Wildman–Crippen LogP) is 3.42. The summed E-state index contributed by atoms with van der Waals surface area (Å²) in [5.74, 6) is -0.748. The van der Waals surface area contributed by atoms with Gasteiger partial charge in [-0.15, -0.1) is 0 Å². The molecule has 2 rings (SSSR count). The Balaban J connectivity index is 2.29. The molecule has 3 N–H and O–H groups in total. The van der Waals surface area contributed by atoms with Gasteiger partial charge in [-0.1, -0.05) is 28.1 Å². The molecule has 0 aliphatic carbocycles. The van der Waals surface area contributed by atoms with Gasteiger partial charge in [0.25, 0.3) is 5.91 Å². The van der Waals surface area contributed by atoms with Gasteiger partial charge in [-0.05, 0) is 49.2 Å². The Kier molecular flexibility index (Phi) is 4.43. The molecule has 0 unspecified atom stereocenters. The molecule has 0 heterocycles. The molecule has 4 nitrogen and oxygen atoms in total. The molecule has 0 saturated carbocycles. The molecule has 2 aromatic carbocycles. The second-order valence-corrected chi connectivity index (χ2v) is 5.61. The fourth-order valence-corrected chi connectivity index (χ4v) is 2.35. The van der Waals surface area contributed by atoms with E-state index in [1.54, 1.807) is 37.3 Å². The van der Waals surface area contributed by atoms with Crippen LogP contribution in [0, 0.1) is 13.8 Å². The van der Waals surface area contributed by atoms with Crippen LogP contribution in [-0.2, 0) is 0 Å². The van der Waals surface area contributed by atoms with Gasteiger partial charge in [0.15, 0.2) is 0 Å². The molecule has 2 aromatic rings. The van der Waals surface area contributed by atoms with Gasteiger partial charge in [-0.25, -0.2) is 0 Å². The lowest BCUT2D eigenvalue weighted by Gasteiger charge is -2.11. The number of carbonyl (C=O) groups is 2. The SMILES string of the molecule is Cc1ccc(C(=O)Nc2cccc(C(N)=O)c2C)cc1Br. The van der Waals surface area contributed by atoms with Crippen molar-refractivity contribution in [1.29, 1.82) is 0 Å². The van der Waals surface area contributed by atoms with E-state index in [1.807, 2.05) is 13.0 Å². The van der Waals surface area contributed by atoms with Crippen molar-refractivity contribution in [2.45, 2.75) is 13.8 Å².